The van der Waals surface area contributed by atoms with Crippen LogP contribution < -0.4 is 4.57 Å². The minimum atomic E-state index is -2.42. The van der Waals surface area contributed by atoms with Crippen LogP contribution in [0.5, 0.6) is 0 Å². The molecule has 0 N–H and O–H groups in total. The molecule has 156 valence electrons. The van der Waals surface area contributed by atoms with E-state index in [1.807, 2.05) is 43.6 Å². The highest BCUT2D eigenvalue weighted by atomic mass is 16.3. The first-order chi connectivity index (χ1) is 17.1. The van der Waals surface area contributed by atoms with Crippen molar-refractivity contribution in [2.24, 2.45) is 7.05 Å². The third kappa shape index (κ3) is 2.69. The van der Waals surface area contributed by atoms with E-state index in [9.17, 15) is 0 Å². The highest BCUT2D eigenvalue weighted by Crippen LogP contribution is 2.39. The molecule has 0 aliphatic heterocycles. The molecule has 0 radical (unpaired) electrons. The topological polar surface area (TPSA) is 17.0 Å². The molecule has 0 bridgehead atoms. The number of nitrogens with zero attached hydrogens (tertiary/aromatic N) is 1. The molecule has 2 aromatic heterocycles. The summed E-state index contributed by atoms with van der Waals surface area (Å²) in [5.74, 6) is -1.69. The molecule has 0 aliphatic carbocycles. The van der Waals surface area contributed by atoms with Gasteiger partial charge in [-0.15, -0.1) is 0 Å². The normalized spacial score (nSPS) is 16.1. The third-order valence-electron chi connectivity index (χ3n) is 6.60. The Kier molecular flexibility index (Phi) is 3.29. The van der Waals surface area contributed by atoms with Crippen LogP contribution in [0.2, 0.25) is 0 Å². The quantitative estimate of drug-likeness (QED) is 0.261. The van der Waals surface area contributed by atoms with Gasteiger partial charge in [-0.2, -0.15) is 0 Å². The summed E-state index contributed by atoms with van der Waals surface area (Å²) < 4.78 is 40.5. The maximum Gasteiger partial charge on any atom is 0.220 e. The van der Waals surface area contributed by atoms with Crippen LogP contribution in [0, 0.1) is 6.92 Å². The van der Waals surface area contributed by atoms with Gasteiger partial charge < -0.3 is 4.42 Å². The fourth-order valence-electron chi connectivity index (χ4n) is 4.94. The Morgan fingerprint density at radius 2 is 1.75 bits per heavy atom. The number of hydrogen-bond donors (Lipinski definition) is 0. The van der Waals surface area contributed by atoms with Gasteiger partial charge >= 0.3 is 0 Å². The van der Waals surface area contributed by atoms with E-state index in [1.54, 1.807) is 6.07 Å². The SMILES string of the molecule is [2H]C([2H])([2H])C([2H])(C)c1ccc2c(-c3ccc4c(oc5ccc6ccccc6c54)c3C)[n+](C)ccc2c1. The average Bonchev–Trinajstić information content (AvgIpc) is 3.24. The summed E-state index contributed by atoms with van der Waals surface area (Å²) in [6.45, 7) is 1.12. The van der Waals surface area contributed by atoms with E-state index in [2.05, 4.69) is 47.9 Å². The van der Waals surface area contributed by atoms with E-state index >= 15 is 0 Å². The van der Waals surface area contributed by atoms with Gasteiger partial charge in [0.2, 0.25) is 5.69 Å². The van der Waals surface area contributed by atoms with Crippen molar-refractivity contribution in [2.45, 2.75) is 26.6 Å². The van der Waals surface area contributed by atoms with E-state index in [0.717, 1.165) is 49.5 Å². The van der Waals surface area contributed by atoms with Crippen molar-refractivity contribution in [3.63, 3.8) is 0 Å². The van der Waals surface area contributed by atoms with Crippen LogP contribution in [-0.4, -0.2) is 0 Å². The van der Waals surface area contributed by atoms with Crippen LogP contribution in [0.15, 0.2) is 83.4 Å². The molecule has 0 amide bonds. The van der Waals surface area contributed by atoms with E-state index in [-0.39, 0.29) is 0 Å². The molecule has 2 heteroatoms. The second-order valence-electron chi connectivity index (χ2n) is 8.58. The standard InChI is InChI=1S/C30H26NO/c1-18(2)21-9-11-25-22(17-21)15-16-31(4)29(25)23-12-13-26-28-24-8-6-5-7-20(24)10-14-27(28)32-30(26)19(23)3/h5-18H,1-4H3/q+1/i1D3,18D. The molecule has 0 saturated heterocycles. The van der Waals surface area contributed by atoms with Crippen molar-refractivity contribution in [2.75, 3.05) is 0 Å². The van der Waals surface area contributed by atoms with Gasteiger partial charge in [0.25, 0.3) is 0 Å². The number of aryl methyl sites for hydroxylation is 2. The number of furan rings is 1. The summed E-state index contributed by atoms with van der Waals surface area (Å²) in [6.07, 6.45) is 1.98. The Balaban J connectivity index is 1.60. The van der Waals surface area contributed by atoms with Gasteiger partial charge in [-0.1, -0.05) is 56.2 Å². The molecule has 6 aromatic rings. The molecular weight excluding hydrogens is 390 g/mol. The zero-order valence-electron chi connectivity index (χ0n) is 22.4. The van der Waals surface area contributed by atoms with Crippen molar-refractivity contribution in [3.05, 3.63) is 90.1 Å². The number of rotatable bonds is 2. The van der Waals surface area contributed by atoms with Crippen molar-refractivity contribution < 1.29 is 14.5 Å². The van der Waals surface area contributed by atoms with Crippen molar-refractivity contribution in [1.82, 2.24) is 0 Å². The minimum Gasteiger partial charge on any atom is -0.456 e. The lowest BCUT2D eigenvalue weighted by Crippen LogP contribution is -2.30. The van der Waals surface area contributed by atoms with Gasteiger partial charge in [-0.3, -0.25) is 0 Å². The summed E-state index contributed by atoms with van der Waals surface area (Å²) in [5, 5.41) is 6.48. The number of hydrogen-bond acceptors (Lipinski definition) is 1. The fraction of sp³-hybridized carbons (Fsp3) is 0.167. The van der Waals surface area contributed by atoms with Crippen LogP contribution in [0.3, 0.4) is 0 Å². The number of fused-ring (bicyclic) bond motifs is 6. The highest BCUT2D eigenvalue weighted by Gasteiger charge is 2.21. The predicted octanol–water partition coefficient (Wildman–Crippen LogP) is 7.82. The molecule has 1 atom stereocenters. The summed E-state index contributed by atoms with van der Waals surface area (Å²) in [5.41, 5.74) is 5.34. The Hall–Kier alpha value is -3.65. The average molecular weight is 421 g/mol. The monoisotopic (exact) mass is 420 g/mol. The zero-order chi connectivity index (χ0) is 25.4. The van der Waals surface area contributed by atoms with Crippen LogP contribution in [0.4, 0.5) is 0 Å². The van der Waals surface area contributed by atoms with Gasteiger partial charge in [0, 0.05) is 27.9 Å². The lowest BCUT2D eigenvalue weighted by Gasteiger charge is -2.11. The Bertz CT molecular complexity index is 1830. The summed E-state index contributed by atoms with van der Waals surface area (Å²) in [7, 11) is 2.01. The Labute approximate surface area is 193 Å². The Morgan fingerprint density at radius 1 is 0.906 bits per heavy atom. The summed E-state index contributed by atoms with van der Waals surface area (Å²) in [6, 6.07) is 24.3. The summed E-state index contributed by atoms with van der Waals surface area (Å²) in [4.78, 5) is 0. The van der Waals surface area contributed by atoms with E-state index < -0.39 is 12.7 Å². The lowest BCUT2D eigenvalue weighted by atomic mass is 9.94. The number of pyridine rings is 1. The first-order valence-corrected chi connectivity index (χ1v) is 10.8. The van der Waals surface area contributed by atoms with Gasteiger partial charge in [-0.05, 0) is 58.8 Å². The highest BCUT2D eigenvalue weighted by molar-refractivity contribution is 6.19. The maximum atomic E-state index is 8.51. The van der Waals surface area contributed by atoms with Gasteiger partial charge in [0.15, 0.2) is 6.20 Å². The molecule has 0 saturated carbocycles. The molecule has 6 rings (SSSR count). The molecule has 1 unspecified atom stereocenters. The molecule has 32 heavy (non-hydrogen) atoms. The van der Waals surface area contributed by atoms with Crippen molar-refractivity contribution >= 4 is 43.5 Å². The summed E-state index contributed by atoms with van der Waals surface area (Å²) >= 11 is 0. The fourth-order valence-corrected chi connectivity index (χ4v) is 4.94. The molecular formula is C30H26NO+. The molecule has 0 aliphatic rings. The molecule has 0 spiro atoms. The smallest absolute Gasteiger partial charge is 0.220 e. The van der Waals surface area contributed by atoms with Crippen molar-refractivity contribution in [3.8, 4) is 11.3 Å². The number of benzene rings is 4. The molecule has 0 fully saturated rings. The zero-order valence-corrected chi connectivity index (χ0v) is 18.4. The number of aromatic nitrogens is 1. The van der Waals surface area contributed by atoms with Gasteiger partial charge in [-0.25, -0.2) is 4.57 Å². The maximum absolute atomic E-state index is 8.51. The van der Waals surface area contributed by atoms with E-state index in [0.29, 0.717) is 5.56 Å². The first-order valence-electron chi connectivity index (χ1n) is 12.8. The van der Waals surface area contributed by atoms with Gasteiger partial charge in [0.05, 0.1) is 10.9 Å². The Morgan fingerprint density at radius 3 is 2.62 bits per heavy atom. The van der Waals surface area contributed by atoms with E-state index in [4.69, 9.17) is 9.90 Å². The van der Waals surface area contributed by atoms with E-state index in [1.165, 1.54) is 17.7 Å². The van der Waals surface area contributed by atoms with Gasteiger partial charge in [0.1, 0.15) is 18.2 Å². The third-order valence-corrected chi connectivity index (χ3v) is 6.60. The molecule has 2 heterocycles. The second-order valence-corrected chi connectivity index (χ2v) is 8.58. The minimum absolute atomic E-state index is 0.478. The largest absolute Gasteiger partial charge is 0.456 e. The molecule has 4 aromatic carbocycles. The van der Waals surface area contributed by atoms with Crippen molar-refractivity contribution in [1.29, 1.82) is 0 Å². The molecule has 2 nitrogen and oxygen atoms in total. The van der Waals surface area contributed by atoms with Crippen LogP contribution >= 0.6 is 0 Å². The van der Waals surface area contributed by atoms with Crippen LogP contribution in [-0.2, 0) is 7.05 Å². The second kappa shape index (κ2) is 6.93. The van der Waals surface area contributed by atoms with Crippen LogP contribution in [0.1, 0.15) is 36.3 Å². The van der Waals surface area contributed by atoms with Crippen LogP contribution in [0.25, 0.3) is 54.7 Å². The lowest BCUT2D eigenvalue weighted by molar-refractivity contribution is -0.659. The predicted molar refractivity (Wildman–Crippen MR) is 134 cm³/mol. The first kappa shape index (κ1) is 15.2.